The van der Waals surface area contributed by atoms with Gasteiger partial charge in [-0.2, -0.15) is 0 Å². The van der Waals surface area contributed by atoms with Crippen LogP contribution in [0.4, 0.5) is 0 Å². The molecule has 15 heavy (non-hydrogen) atoms. The number of hydrogen-bond acceptors (Lipinski definition) is 3. The van der Waals surface area contributed by atoms with Crippen molar-refractivity contribution in [1.29, 1.82) is 0 Å². The summed E-state index contributed by atoms with van der Waals surface area (Å²) in [5.41, 5.74) is 7.34. The zero-order valence-electron chi connectivity index (χ0n) is 9.83. The Kier molecular flexibility index (Phi) is 5.26. The molecule has 0 aromatic carbocycles. The van der Waals surface area contributed by atoms with Crippen LogP contribution in [0.2, 0.25) is 0 Å². The second-order valence-electron chi connectivity index (χ2n) is 4.18. The van der Waals surface area contributed by atoms with Gasteiger partial charge < -0.3 is 10.6 Å². The Morgan fingerprint density at radius 1 is 1.67 bits per heavy atom. The van der Waals surface area contributed by atoms with Gasteiger partial charge in [-0.15, -0.1) is 0 Å². The number of piperidine rings is 1. The molecule has 86 valence electrons. The van der Waals surface area contributed by atoms with Gasteiger partial charge in [0.2, 0.25) is 0 Å². The lowest BCUT2D eigenvalue weighted by atomic mass is 10.1. The first kappa shape index (κ1) is 12.7. The predicted molar refractivity (Wildman–Crippen MR) is 69.6 cm³/mol. The topological polar surface area (TPSA) is 29.3 Å². The van der Waals surface area contributed by atoms with E-state index < -0.39 is 0 Å². The van der Waals surface area contributed by atoms with Crippen molar-refractivity contribution in [1.82, 2.24) is 4.90 Å². The molecule has 1 rings (SSSR count). The second-order valence-corrected chi connectivity index (χ2v) is 5.12. The first-order valence-corrected chi connectivity index (χ1v) is 6.53. The van der Waals surface area contributed by atoms with Gasteiger partial charge in [0.25, 0.3) is 0 Å². The van der Waals surface area contributed by atoms with E-state index in [1.807, 2.05) is 0 Å². The molecule has 0 radical (unpaired) electrons. The minimum atomic E-state index is 0.326. The van der Waals surface area contributed by atoms with Crippen molar-refractivity contribution in [3.8, 4) is 0 Å². The molecular weight excluding hydrogens is 204 g/mol. The Labute approximate surface area is 97.6 Å². The lowest BCUT2D eigenvalue weighted by Crippen LogP contribution is -2.41. The van der Waals surface area contributed by atoms with E-state index in [1.54, 1.807) is 11.8 Å². The van der Waals surface area contributed by atoms with Crippen molar-refractivity contribution >= 4 is 11.8 Å². The van der Waals surface area contributed by atoms with Crippen LogP contribution in [0.25, 0.3) is 0 Å². The van der Waals surface area contributed by atoms with E-state index in [2.05, 4.69) is 30.7 Å². The van der Waals surface area contributed by atoms with Crippen LogP contribution in [0.1, 0.15) is 33.1 Å². The van der Waals surface area contributed by atoms with Crippen LogP contribution in [0.3, 0.4) is 0 Å². The van der Waals surface area contributed by atoms with Gasteiger partial charge in [0.1, 0.15) is 0 Å². The highest BCUT2D eigenvalue weighted by atomic mass is 32.2. The van der Waals surface area contributed by atoms with Crippen LogP contribution in [0.15, 0.2) is 22.6 Å². The van der Waals surface area contributed by atoms with Gasteiger partial charge in [0, 0.05) is 19.1 Å². The normalized spacial score (nSPS) is 23.0. The van der Waals surface area contributed by atoms with Gasteiger partial charge in [0.15, 0.2) is 0 Å². The van der Waals surface area contributed by atoms with Gasteiger partial charge in [-0.1, -0.05) is 30.8 Å². The molecule has 0 aliphatic carbocycles. The summed E-state index contributed by atoms with van der Waals surface area (Å²) in [7, 11) is 0. The van der Waals surface area contributed by atoms with Gasteiger partial charge >= 0.3 is 0 Å². The van der Waals surface area contributed by atoms with Crippen LogP contribution in [0, 0.1) is 0 Å². The lowest BCUT2D eigenvalue weighted by molar-refractivity contribution is 0.275. The number of nitrogens with two attached hydrogens (primary N) is 1. The summed E-state index contributed by atoms with van der Waals surface area (Å²) in [5.74, 6) is 0. The molecule has 1 aliphatic rings. The minimum absolute atomic E-state index is 0.326. The van der Waals surface area contributed by atoms with Gasteiger partial charge in [0.05, 0.1) is 5.03 Å². The highest BCUT2D eigenvalue weighted by Crippen LogP contribution is 2.24. The van der Waals surface area contributed by atoms with Crippen molar-refractivity contribution in [3.05, 3.63) is 22.6 Å². The zero-order chi connectivity index (χ0) is 11.3. The number of rotatable bonds is 4. The van der Waals surface area contributed by atoms with Crippen LogP contribution in [0.5, 0.6) is 0 Å². The number of likely N-dealkylation sites (tertiary alicyclic amines) is 1. The number of thioether (sulfide) groups is 1. The van der Waals surface area contributed by atoms with Crippen molar-refractivity contribution in [2.24, 2.45) is 5.73 Å². The molecule has 1 atom stereocenters. The van der Waals surface area contributed by atoms with Crippen LogP contribution < -0.4 is 5.73 Å². The Morgan fingerprint density at radius 3 is 3.00 bits per heavy atom. The Bertz CT molecular complexity index is 248. The third-order valence-electron chi connectivity index (χ3n) is 2.76. The molecule has 0 bridgehead atoms. The monoisotopic (exact) mass is 226 g/mol. The first-order chi connectivity index (χ1) is 7.13. The zero-order valence-corrected chi connectivity index (χ0v) is 10.6. The Balaban J connectivity index is 2.39. The number of hydrogen-bond donors (Lipinski definition) is 1. The van der Waals surface area contributed by atoms with E-state index in [0.29, 0.717) is 6.04 Å². The van der Waals surface area contributed by atoms with Gasteiger partial charge in [-0.05, 0) is 31.6 Å². The first-order valence-electron chi connectivity index (χ1n) is 5.65. The van der Waals surface area contributed by atoms with E-state index in [-0.39, 0.29) is 0 Å². The SMILES string of the molecule is C=C(S/C=C(\C)CC)N1CCCC(N)C1. The molecule has 3 heteroatoms. The van der Waals surface area contributed by atoms with Crippen molar-refractivity contribution in [2.45, 2.75) is 39.2 Å². The van der Waals surface area contributed by atoms with E-state index in [9.17, 15) is 0 Å². The molecule has 1 unspecified atom stereocenters. The maximum absolute atomic E-state index is 5.94. The summed E-state index contributed by atoms with van der Waals surface area (Å²) in [6, 6.07) is 0.326. The summed E-state index contributed by atoms with van der Waals surface area (Å²) in [4.78, 5) is 2.30. The maximum atomic E-state index is 5.94. The summed E-state index contributed by atoms with van der Waals surface area (Å²) < 4.78 is 0. The van der Waals surface area contributed by atoms with Crippen molar-refractivity contribution in [2.75, 3.05) is 13.1 Å². The summed E-state index contributed by atoms with van der Waals surface area (Å²) >= 11 is 1.73. The second kappa shape index (κ2) is 6.23. The molecule has 0 saturated carbocycles. The van der Waals surface area contributed by atoms with Crippen LogP contribution in [-0.4, -0.2) is 24.0 Å². The average Bonchev–Trinajstić information content (AvgIpc) is 2.25. The molecule has 0 aromatic rings. The summed E-state index contributed by atoms with van der Waals surface area (Å²) in [5, 5.41) is 3.33. The largest absolute Gasteiger partial charge is 0.365 e. The molecule has 0 aromatic heterocycles. The Hall–Kier alpha value is -0.410. The maximum Gasteiger partial charge on any atom is 0.0677 e. The van der Waals surface area contributed by atoms with E-state index in [4.69, 9.17) is 5.73 Å². The standard InChI is InChI=1S/C12H22N2S/c1-4-10(2)9-15-11(3)14-7-5-6-12(13)8-14/h9,12H,3-8,13H2,1-2H3/b10-9+. The summed E-state index contributed by atoms with van der Waals surface area (Å²) in [6.45, 7) is 10.5. The third-order valence-corrected chi connectivity index (χ3v) is 3.81. The van der Waals surface area contributed by atoms with Crippen LogP contribution >= 0.6 is 11.8 Å². The molecule has 2 nitrogen and oxygen atoms in total. The van der Waals surface area contributed by atoms with Gasteiger partial charge in [-0.25, -0.2) is 0 Å². The van der Waals surface area contributed by atoms with E-state index in [0.717, 1.165) is 31.0 Å². The molecule has 2 N–H and O–H groups in total. The highest BCUT2D eigenvalue weighted by Gasteiger charge is 2.17. The summed E-state index contributed by atoms with van der Waals surface area (Å²) in [6.07, 6.45) is 3.45. The Morgan fingerprint density at radius 2 is 2.40 bits per heavy atom. The number of nitrogens with zero attached hydrogens (tertiary/aromatic N) is 1. The fourth-order valence-electron chi connectivity index (χ4n) is 1.56. The van der Waals surface area contributed by atoms with E-state index in [1.165, 1.54) is 12.0 Å². The van der Waals surface area contributed by atoms with Gasteiger partial charge in [-0.3, -0.25) is 0 Å². The molecule has 0 amide bonds. The molecule has 1 heterocycles. The third kappa shape index (κ3) is 4.31. The van der Waals surface area contributed by atoms with Crippen molar-refractivity contribution in [3.63, 3.8) is 0 Å². The molecule has 1 aliphatic heterocycles. The predicted octanol–water partition coefficient (Wildman–Crippen LogP) is 2.93. The smallest absolute Gasteiger partial charge is 0.0677 e. The minimum Gasteiger partial charge on any atom is -0.365 e. The average molecular weight is 226 g/mol. The highest BCUT2D eigenvalue weighted by molar-refractivity contribution is 8.05. The fraction of sp³-hybridized carbons (Fsp3) is 0.667. The molecular formula is C12H22N2S. The van der Waals surface area contributed by atoms with E-state index >= 15 is 0 Å². The van der Waals surface area contributed by atoms with Crippen molar-refractivity contribution < 1.29 is 0 Å². The van der Waals surface area contributed by atoms with Crippen LogP contribution in [-0.2, 0) is 0 Å². The molecule has 0 spiro atoms. The molecule has 1 saturated heterocycles. The lowest BCUT2D eigenvalue weighted by Gasteiger charge is -2.33. The fourth-order valence-corrected chi connectivity index (χ4v) is 2.38. The quantitative estimate of drug-likeness (QED) is 0.799. The molecule has 1 fully saturated rings. The number of allylic oxidation sites excluding steroid dienone is 1.